The molecule has 0 radical (unpaired) electrons. The number of hydrogen-bond acceptors (Lipinski definition) is 3. The first-order valence-corrected chi connectivity index (χ1v) is 10.9. The van der Waals surface area contributed by atoms with Crippen LogP contribution < -0.4 is 4.74 Å². The van der Waals surface area contributed by atoms with E-state index < -0.39 is 27.9 Å². The summed E-state index contributed by atoms with van der Waals surface area (Å²) in [5.41, 5.74) is 1.14. The van der Waals surface area contributed by atoms with Crippen LogP contribution in [0.3, 0.4) is 0 Å². The highest BCUT2D eigenvalue weighted by Gasteiger charge is 2.50. The van der Waals surface area contributed by atoms with Crippen LogP contribution in [0.2, 0.25) is 0 Å². The van der Waals surface area contributed by atoms with Crippen LogP contribution in [0, 0.1) is 5.41 Å². The van der Waals surface area contributed by atoms with E-state index in [1.807, 2.05) is 63.4 Å². The number of ether oxygens (including phenoxy) is 1. The number of fused-ring (bicyclic) bond motifs is 4. The number of para-hydroxylation sites is 2. The molecule has 3 heterocycles. The third kappa shape index (κ3) is 3.21. The molecule has 1 aromatic heterocycles. The number of carboxylic acid groups (broad SMARTS) is 1. The molecule has 150 valence electrons. The largest absolute Gasteiger partial charge is 0.479 e. The van der Waals surface area contributed by atoms with Crippen LogP contribution in [0.15, 0.2) is 42.6 Å². The Bertz CT molecular complexity index is 932. The van der Waals surface area contributed by atoms with Crippen LogP contribution in [-0.2, 0) is 16.4 Å². The lowest BCUT2D eigenvalue weighted by Crippen LogP contribution is -2.56. The Morgan fingerprint density at radius 1 is 1.29 bits per heavy atom. The summed E-state index contributed by atoms with van der Waals surface area (Å²) in [7, 11) is -1.32. The van der Waals surface area contributed by atoms with Gasteiger partial charge in [-0.2, -0.15) is 0 Å². The maximum Gasteiger partial charge on any atom is 0.408 e. The zero-order chi connectivity index (χ0) is 20.1. The summed E-state index contributed by atoms with van der Waals surface area (Å²) in [4.78, 5) is 13.2. The van der Waals surface area contributed by atoms with Crippen molar-refractivity contribution in [2.75, 3.05) is 12.3 Å². The fraction of sp³-hybridized carbons (Fsp3) is 0.476. The number of rotatable bonds is 2. The van der Waals surface area contributed by atoms with Gasteiger partial charge in [0.2, 0.25) is 0 Å². The zero-order valence-electron chi connectivity index (χ0n) is 16.4. The standard InChI is InChI=1S/C21H26N2O4S/c1-20(2,3)14-28(26)18-13-21(10-12-23(18)19(24)25)17-9-6-11-22(17)15-7-4-5-8-16(15)27-21/h4-9,11,18H,10,12-14H2,1-3H3,(H,24,25). The predicted octanol–water partition coefficient (Wildman–Crippen LogP) is 3.96. The van der Waals surface area contributed by atoms with Gasteiger partial charge in [-0.25, -0.2) is 4.79 Å². The summed E-state index contributed by atoms with van der Waals surface area (Å²) in [5.74, 6) is 1.21. The van der Waals surface area contributed by atoms with Crippen molar-refractivity contribution in [1.29, 1.82) is 0 Å². The summed E-state index contributed by atoms with van der Waals surface area (Å²) in [6, 6.07) is 11.8. The van der Waals surface area contributed by atoms with Gasteiger partial charge in [0.1, 0.15) is 11.1 Å². The summed E-state index contributed by atoms with van der Waals surface area (Å²) in [6.45, 7) is 6.36. The van der Waals surface area contributed by atoms with Crippen molar-refractivity contribution in [3.05, 3.63) is 48.3 Å². The molecule has 1 N–H and O–H groups in total. The predicted molar refractivity (Wildman–Crippen MR) is 108 cm³/mol. The van der Waals surface area contributed by atoms with E-state index in [-0.39, 0.29) is 5.41 Å². The van der Waals surface area contributed by atoms with Gasteiger partial charge in [0, 0.05) is 42.1 Å². The van der Waals surface area contributed by atoms with Crippen LogP contribution >= 0.6 is 0 Å². The van der Waals surface area contributed by atoms with Crippen LogP contribution in [-0.4, -0.2) is 42.5 Å². The Hall–Kier alpha value is -2.28. The van der Waals surface area contributed by atoms with E-state index >= 15 is 0 Å². The van der Waals surface area contributed by atoms with Gasteiger partial charge in [0.25, 0.3) is 0 Å². The van der Waals surface area contributed by atoms with Gasteiger partial charge in [-0.1, -0.05) is 32.9 Å². The summed E-state index contributed by atoms with van der Waals surface area (Å²) in [6.07, 6.45) is 1.89. The van der Waals surface area contributed by atoms with Gasteiger partial charge in [-0.15, -0.1) is 0 Å². The topological polar surface area (TPSA) is 71.8 Å². The molecule has 1 fully saturated rings. The molecule has 1 amide bonds. The Balaban J connectivity index is 1.73. The van der Waals surface area contributed by atoms with Gasteiger partial charge in [0.15, 0.2) is 5.60 Å². The smallest absolute Gasteiger partial charge is 0.408 e. The average Bonchev–Trinajstić information content (AvgIpc) is 3.11. The first kappa shape index (κ1) is 19.1. The normalized spacial score (nSPS) is 25.0. The van der Waals surface area contributed by atoms with E-state index in [1.165, 1.54) is 4.90 Å². The van der Waals surface area contributed by atoms with Crippen molar-refractivity contribution >= 4 is 16.9 Å². The maximum absolute atomic E-state index is 13.2. The van der Waals surface area contributed by atoms with Crippen LogP contribution in [0.25, 0.3) is 5.69 Å². The summed E-state index contributed by atoms with van der Waals surface area (Å²) in [5, 5.41) is 9.10. The Morgan fingerprint density at radius 3 is 2.75 bits per heavy atom. The van der Waals surface area contributed by atoms with E-state index in [1.54, 1.807) is 0 Å². The summed E-state index contributed by atoms with van der Waals surface area (Å²) >= 11 is 0. The fourth-order valence-corrected chi connectivity index (χ4v) is 6.19. The molecule has 28 heavy (non-hydrogen) atoms. The molecule has 6 nitrogen and oxygen atoms in total. The lowest BCUT2D eigenvalue weighted by molar-refractivity contribution is -0.0168. The highest BCUT2D eigenvalue weighted by atomic mass is 32.2. The van der Waals surface area contributed by atoms with Crippen LogP contribution in [0.5, 0.6) is 5.75 Å². The number of piperidine rings is 1. The molecule has 4 rings (SSSR count). The second-order valence-corrected chi connectivity index (χ2v) is 10.4. The first-order valence-electron chi connectivity index (χ1n) is 9.53. The number of amides is 1. The SMILES string of the molecule is CC(C)(C)CS(=O)C1CC2(CCN1C(=O)O)Oc1ccccc1-n1cccc12. The van der Waals surface area contributed by atoms with E-state index in [0.717, 1.165) is 17.1 Å². The monoisotopic (exact) mass is 402 g/mol. The van der Waals surface area contributed by atoms with Crippen LogP contribution in [0.1, 0.15) is 39.3 Å². The number of nitrogens with zero attached hydrogens (tertiary/aromatic N) is 2. The lowest BCUT2D eigenvalue weighted by Gasteiger charge is -2.47. The molecule has 7 heteroatoms. The minimum Gasteiger partial charge on any atom is -0.479 e. The number of aromatic nitrogens is 1. The van der Waals surface area contributed by atoms with Crippen molar-refractivity contribution < 1.29 is 18.8 Å². The Kier molecular flexibility index (Phi) is 4.53. The molecule has 1 saturated heterocycles. The lowest BCUT2D eigenvalue weighted by atomic mass is 9.86. The van der Waals surface area contributed by atoms with Crippen molar-refractivity contribution in [2.24, 2.45) is 5.41 Å². The molecular weight excluding hydrogens is 376 g/mol. The molecule has 1 aromatic carbocycles. The van der Waals surface area contributed by atoms with E-state index in [2.05, 4.69) is 4.57 Å². The quantitative estimate of drug-likeness (QED) is 0.825. The number of benzene rings is 1. The molecule has 0 bridgehead atoms. The highest BCUT2D eigenvalue weighted by Crippen LogP contribution is 2.47. The second-order valence-electron chi connectivity index (χ2n) is 8.80. The van der Waals surface area contributed by atoms with E-state index in [0.29, 0.717) is 25.1 Å². The minimum atomic E-state index is -1.32. The van der Waals surface area contributed by atoms with Crippen LogP contribution in [0.4, 0.5) is 4.79 Å². The number of hydrogen-bond donors (Lipinski definition) is 1. The van der Waals surface area contributed by atoms with Gasteiger partial charge >= 0.3 is 6.09 Å². The van der Waals surface area contributed by atoms with Crippen molar-refractivity contribution in [2.45, 2.75) is 44.6 Å². The van der Waals surface area contributed by atoms with Gasteiger partial charge < -0.3 is 14.4 Å². The zero-order valence-corrected chi connectivity index (χ0v) is 17.2. The van der Waals surface area contributed by atoms with Crippen molar-refractivity contribution in [3.63, 3.8) is 0 Å². The molecule has 2 aromatic rings. The van der Waals surface area contributed by atoms with Gasteiger partial charge in [-0.05, 0) is 29.7 Å². The Labute approximate surface area is 167 Å². The molecule has 3 atom stereocenters. The van der Waals surface area contributed by atoms with E-state index in [9.17, 15) is 14.1 Å². The maximum atomic E-state index is 13.2. The van der Waals surface area contributed by atoms with Gasteiger partial charge in [0.05, 0.1) is 11.4 Å². The second kappa shape index (κ2) is 6.65. The minimum absolute atomic E-state index is 0.153. The molecule has 2 aliphatic rings. The molecule has 1 spiro atoms. The highest BCUT2D eigenvalue weighted by molar-refractivity contribution is 7.85. The summed E-state index contributed by atoms with van der Waals surface area (Å²) < 4.78 is 21.8. The third-order valence-electron chi connectivity index (χ3n) is 5.38. The first-order chi connectivity index (χ1) is 13.2. The molecule has 0 aliphatic carbocycles. The van der Waals surface area contributed by atoms with Crippen molar-refractivity contribution in [3.8, 4) is 11.4 Å². The van der Waals surface area contributed by atoms with Gasteiger partial charge in [-0.3, -0.25) is 9.11 Å². The molecule has 0 saturated carbocycles. The molecule has 3 unspecified atom stereocenters. The average molecular weight is 403 g/mol. The molecular formula is C21H26N2O4S. The van der Waals surface area contributed by atoms with Crippen molar-refractivity contribution in [1.82, 2.24) is 9.47 Å². The molecule has 2 aliphatic heterocycles. The number of carbonyl (C=O) groups is 1. The van der Waals surface area contributed by atoms with E-state index in [4.69, 9.17) is 4.74 Å². The Morgan fingerprint density at radius 2 is 2.04 bits per heavy atom. The third-order valence-corrected chi connectivity index (χ3v) is 7.56. The fourth-order valence-electron chi connectivity index (χ4n) is 4.21. The number of likely N-dealkylation sites (tertiary alicyclic amines) is 1.